The molecule has 0 spiro atoms. The number of carbonyl (C=O) groups excluding carboxylic acids is 1. The molecule has 1 aromatic heterocycles. The van der Waals surface area contributed by atoms with Gasteiger partial charge in [0.1, 0.15) is 17.4 Å². The molecule has 0 unspecified atom stereocenters. The zero-order valence-corrected chi connectivity index (χ0v) is 15.9. The van der Waals surface area contributed by atoms with Crippen molar-refractivity contribution in [2.75, 3.05) is 10.5 Å². The lowest BCUT2D eigenvalue weighted by molar-refractivity contribution is 0.0539. The lowest BCUT2D eigenvalue weighted by Crippen LogP contribution is -2.28. The topological polar surface area (TPSA) is 101 Å². The molecule has 0 aliphatic carbocycles. The molecule has 26 heavy (non-hydrogen) atoms. The first-order chi connectivity index (χ1) is 12.1. The van der Waals surface area contributed by atoms with Crippen molar-refractivity contribution < 1.29 is 17.9 Å². The van der Waals surface area contributed by atoms with Gasteiger partial charge in [0.2, 0.25) is 10.0 Å². The van der Waals surface area contributed by atoms with E-state index in [1.807, 2.05) is 6.07 Å². The molecule has 0 saturated carbocycles. The summed E-state index contributed by atoms with van der Waals surface area (Å²) in [4.78, 5) is 12.5. The minimum Gasteiger partial charge on any atom is -0.443 e. The van der Waals surface area contributed by atoms with E-state index in [0.29, 0.717) is 16.9 Å². The van der Waals surface area contributed by atoms with Gasteiger partial charge in [-0.2, -0.15) is 5.26 Å². The first-order valence-electron chi connectivity index (χ1n) is 8.02. The number of carbonyl (C=O) groups is 1. The number of nitrogens with zero attached hydrogens (tertiary/aromatic N) is 2. The number of benzene rings is 1. The summed E-state index contributed by atoms with van der Waals surface area (Å²) in [5.74, 6) is -0.0260. The molecule has 8 heteroatoms. The van der Waals surface area contributed by atoms with Gasteiger partial charge >= 0.3 is 6.09 Å². The van der Waals surface area contributed by atoms with Crippen LogP contribution in [0.5, 0.6) is 0 Å². The SMILES string of the molecule is CCS(=O)(=O)Nc1ccc(-c2ccc(C#N)n2C(=O)OC(C)(C)C)cc1. The number of anilines is 1. The highest BCUT2D eigenvalue weighted by Gasteiger charge is 2.23. The third-order valence-corrected chi connectivity index (χ3v) is 4.71. The van der Waals surface area contributed by atoms with Crippen LogP contribution >= 0.6 is 0 Å². The number of nitriles is 1. The predicted octanol–water partition coefficient (Wildman–Crippen LogP) is 3.57. The Morgan fingerprint density at radius 3 is 2.31 bits per heavy atom. The molecule has 0 aliphatic heterocycles. The highest BCUT2D eigenvalue weighted by molar-refractivity contribution is 7.92. The Kier molecular flexibility index (Phi) is 5.42. The summed E-state index contributed by atoms with van der Waals surface area (Å²) in [5, 5.41) is 9.27. The maximum absolute atomic E-state index is 12.5. The number of hydrogen-bond acceptors (Lipinski definition) is 5. The Bertz CT molecular complexity index is 946. The summed E-state index contributed by atoms with van der Waals surface area (Å²) >= 11 is 0. The van der Waals surface area contributed by atoms with Gasteiger partial charge in [-0.25, -0.2) is 17.8 Å². The third-order valence-electron chi connectivity index (χ3n) is 3.41. The van der Waals surface area contributed by atoms with Crippen LogP contribution in [-0.4, -0.2) is 30.4 Å². The molecule has 1 heterocycles. The summed E-state index contributed by atoms with van der Waals surface area (Å²) in [6.45, 7) is 6.78. The van der Waals surface area contributed by atoms with Crippen LogP contribution in [-0.2, 0) is 14.8 Å². The molecule has 2 aromatic rings. The Morgan fingerprint density at radius 2 is 1.81 bits per heavy atom. The van der Waals surface area contributed by atoms with Crippen LogP contribution < -0.4 is 4.72 Å². The minimum atomic E-state index is -3.36. The number of nitrogens with one attached hydrogen (secondary N) is 1. The zero-order valence-electron chi connectivity index (χ0n) is 15.1. The second-order valence-corrected chi connectivity index (χ2v) is 8.63. The lowest BCUT2D eigenvalue weighted by atomic mass is 10.1. The monoisotopic (exact) mass is 375 g/mol. The van der Waals surface area contributed by atoms with Gasteiger partial charge in [0, 0.05) is 5.69 Å². The molecular weight excluding hydrogens is 354 g/mol. The van der Waals surface area contributed by atoms with E-state index in [9.17, 15) is 18.5 Å². The van der Waals surface area contributed by atoms with Crippen molar-refractivity contribution in [3.63, 3.8) is 0 Å². The van der Waals surface area contributed by atoms with Crippen molar-refractivity contribution in [2.45, 2.75) is 33.3 Å². The van der Waals surface area contributed by atoms with E-state index < -0.39 is 21.7 Å². The maximum atomic E-state index is 12.5. The molecule has 1 aromatic carbocycles. The van der Waals surface area contributed by atoms with Crippen molar-refractivity contribution in [3.8, 4) is 17.3 Å². The van der Waals surface area contributed by atoms with Gasteiger partial charge in [0.15, 0.2) is 0 Å². The Hall–Kier alpha value is -2.79. The fourth-order valence-electron chi connectivity index (χ4n) is 2.21. The standard InChI is InChI=1S/C18H21N3O4S/c1-5-26(23,24)20-14-8-6-13(7-9-14)16-11-10-15(12-19)21(16)17(22)25-18(2,3)4/h6-11,20H,5H2,1-4H3. The van der Waals surface area contributed by atoms with E-state index >= 15 is 0 Å². The summed E-state index contributed by atoms with van der Waals surface area (Å²) < 4.78 is 32.3. The van der Waals surface area contributed by atoms with Crippen molar-refractivity contribution in [3.05, 3.63) is 42.1 Å². The number of ether oxygens (including phenoxy) is 1. The van der Waals surface area contributed by atoms with Gasteiger partial charge < -0.3 is 4.74 Å². The average molecular weight is 375 g/mol. The molecule has 0 bridgehead atoms. The maximum Gasteiger partial charge on any atom is 0.420 e. The minimum absolute atomic E-state index is 0.0260. The van der Waals surface area contributed by atoms with E-state index in [-0.39, 0.29) is 11.4 Å². The molecule has 7 nitrogen and oxygen atoms in total. The van der Waals surface area contributed by atoms with Gasteiger partial charge in [0.25, 0.3) is 0 Å². The number of hydrogen-bond donors (Lipinski definition) is 1. The predicted molar refractivity (Wildman–Crippen MR) is 99.3 cm³/mol. The molecule has 0 fully saturated rings. The van der Waals surface area contributed by atoms with Gasteiger partial charge in [-0.1, -0.05) is 12.1 Å². The van der Waals surface area contributed by atoms with Gasteiger partial charge in [-0.3, -0.25) is 4.72 Å². The van der Waals surface area contributed by atoms with Gasteiger partial charge in [0.05, 0.1) is 11.4 Å². The molecule has 1 N–H and O–H groups in total. The lowest BCUT2D eigenvalue weighted by Gasteiger charge is -2.21. The largest absolute Gasteiger partial charge is 0.443 e. The Labute approximate surface area is 153 Å². The number of sulfonamides is 1. The van der Waals surface area contributed by atoms with E-state index in [1.54, 1.807) is 58.0 Å². The van der Waals surface area contributed by atoms with Crippen LogP contribution in [0.15, 0.2) is 36.4 Å². The van der Waals surface area contributed by atoms with Crippen molar-refractivity contribution in [1.29, 1.82) is 5.26 Å². The highest BCUT2D eigenvalue weighted by atomic mass is 32.2. The van der Waals surface area contributed by atoms with Crippen molar-refractivity contribution in [1.82, 2.24) is 4.57 Å². The van der Waals surface area contributed by atoms with Crippen molar-refractivity contribution >= 4 is 21.8 Å². The van der Waals surface area contributed by atoms with Crippen LogP contribution in [0.25, 0.3) is 11.3 Å². The first kappa shape index (κ1) is 19.5. The van der Waals surface area contributed by atoms with E-state index in [0.717, 1.165) is 0 Å². The second-order valence-electron chi connectivity index (χ2n) is 6.61. The number of rotatable bonds is 4. The van der Waals surface area contributed by atoms with Crippen molar-refractivity contribution in [2.24, 2.45) is 0 Å². The summed E-state index contributed by atoms with van der Waals surface area (Å²) in [5.41, 5.74) is 1.02. The van der Waals surface area contributed by atoms with Crippen LogP contribution in [0.3, 0.4) is 0 Å². The normalized spacial score (nSPS) is 11.7. The second kappa shape index (κ2) is 7.22. The third kappa shape index (κ3) is 4.64. The quantitative estimate of drug-likeness (QED) is 0.880. The van der Waals surface area contributed by atoms with Crippen LogP contribution in [0, 0.1) is 11.3 Å². The van der Waals surface area contributed by atoms with Gasteiger partial charge in [-0.15, -0.1) is 0 Å². The molecule has 2 rings (SSSR count). The highest BCUT2D eigenvalue weighted by Crippen LogP contribution is 2.25. The first-order valence-corrected chi connectivity index (χ1v) is 9.67. The fourth-order valence-corrected chi connectivity index (χ4v) is 2.85. The molecule has 138 valence electrons. The van der Waals surface area contributed by atoms with Gasteiger partial charge in [-0.05, 0) is 57.5 Å². The molecule has 0 radical (unpaired) electrons. The van der Waals surface area contributed by atoms with Crippen LogP contribution in [0.1, 0.15) is 33.4 Å². The van der Waals surface area contributed by atoms with E-state index in [2.05, 4.69) is 4.72 Å². The molecular formula is C18H21N3O4S. The molecule has 0 amide bonds. The summed E-state index contributed by atoms with van der Waals surface area (Å²) in [6.07, 6.45) is -0.648. The van der Waals surface area contributed by atoms with E-state index in [1.165, 1.54) is 10.6 Å². The average Bonchev–Trinajstić information content (AvgIpc) is 2.98. The molecule has 0 aliphatic rings. The Morgan fingerprint density at radius 1 is 1.19 bits per heavy atom. The molecule has 0 atom stereocenters. The Balaban J connectivity index is 2.39. The van der Waals surface area contributed by atoms with E-state index in [4.69, 9.17) is 4.74 Å². The zero-order chi connectivity index (χ0) is 19.5. The summed E-state index contributed by atoms with van der Waals surface area (Å²) in [6, 6.07) is 11.7. The fraction of sp³-hybridized carbons (Fsp3) is 0.333. The van der Waals surface area contributed by atoms with Crippen LogP contribution in [0.2, 0.25) is 0 Å². The smallest absolute Gasteiger partial charge is 0.420 e. The summed E-state index contributed by atoms with van der Waals surface area (Å²) in [7, 11) is -3.36. The molecule has 0 saturated heterocycles. The van der Waals surface area contributed by atoms with Crippen LogP contribution in [0.4, 0.5) is 10.5 Å². The number of aromatic nitrogens is 1.